The third-order valence-electron chi connectivity index (χ3n) is 2.35. The molecule has 74 valence electrons. The molecule has 0 spiro atoms. The van der Waals surface area contributed by atoms with Crippen LogP contribution in [-0.2, 0) is 0 Å². The van der Waals surface area contributed by atoms with E-state index in [9.17, 15) is 4.39 Å². The van der Waals surface area contributed by atoms with Gasteiger partial charge >= 0.3 is 0 Å². The Balaban J connectivity index is 2.73. The van der Waals surface area contributed by atoms with Crippen molar-refractivity contribution < 1.29 is 4.39 Å². The average Bonchev–Trinajstić information content (AvgIpc) is 2.43. The summed E-state index contributed by atoms with van der Waals surface area (Å²) >= 11 is 1.58. The zero-order valence-corrected chi connectivity index (χ0v) is 8.99. The molecule has 1 atom stereocenters. The second-order valence-electron chi connectivity index (χ2n) is 3.52. The van der Waals surface area contributed by atoms with Crippen LogP contribution < -0.4 is 5.73 Å². The van der Waals surface area contributed by atoms with E-state index in [1.807, 2.05) is 19.9 Å². The first-order valence-corrected chi connectivity index (χ1v) is 5.35. The number of thiophene rings is 1. The summed E-state index contributed by atoms with van der Waals surface area (Å²) in [6.45, 7) is 3.99. The van der Waals surface area contributed by atoms with Crippen molar-refractivity contribution in [1.82, 2.24) is 0 Å². The first-order valence-electron chi connectivity index (χ1n) is 4.53. The lowest BCUT2D eigenvalue weighted by Crippen LogP contribution is -2.03. The minimum Gasteiger partial charge on any atom is -0.323 e. The Labute approximate surface area is 86.4 Å². The van der Waals surface area contributed by atoms with Crippen LogP contribution in [0.1, 0.15) is 23.4 Å². The van der Waals surface area contributed by atoms with Crippen LogP contribution in [0, 0.1) is 12.7 Å². The highest BCUT2D eigenvalue weighted by Crippen LogP contribution is 2.34. The topological polar surface area (TPSA) is 26.0 Å². The normalized spacial score (nSPS) is 13.4. The molecule has 1 heterocycles. The molecule has 1 unspecified atom stereocenters. The maximum atomic E-state index is 13.0. The minimum absolute atomic E-state index is 0.0236. The Hall–Kier alpha value is -0.930. The fourth-order valence-electron chi connectivity index (χ4n) is 1.65. The largest absolute Gasteiger partial charge is 0.323 e. The van der Waals surface area contributed by atoms with Crippen molar-refractivity contribution in [2.45, 2.75) is 19.9 Å². The molecule has 1 aromatic heterocycles. The van der Waals surface area contributed by atoms with Crippen LogP contribution in [0.25, 0.3) is 10.1 Å². The number of fused-ring (bicyclic) bond motifs is 1. The Morgan fingerprint density at radius 1 is 1.43 bits per heavy atom. The summed E-state index contributed by atoms with van der Waals surface area (Å²) in [5.41, 5.74) is 7.01. The van der Waals surface area contributed by atoms with E-state index >= 15 is 0 Å². The number of hydrogen-bond acceptors (Lipinski definition) is 2. The van der Waals surface area contributed by atoms with Gasteiger partial charge in [-0.3, -0.25) is 0 Å². The van der Waals surface area contributed by atoms with E-state index in [0.29, 0.717) is 0 Å². The van der Waals surface area contributed by atoms with E-state index in [4.69, 9.17) is 5.73 Å². The van der Waals surface area contributed by atoms with Crippen LogP contribution in [0.5, 0.6) is 0 Å². The van der Waals surface area contributed by atoms with Crippen molar-refractivity contribution in [1.29, 1.82) is 0 Å². The standard InChI is InChI=1S/C11H12FNS/c1-6-9-4-3-8(12)5-10(9)14-11(6)7(2)13/h3-5,7H,13H2,1-2H3. The highest BCUT2D eigenvalue weighted by Gasteiger charge is 2.11. The molecule has 2 N–H and O–H groups in total. The molecule has 3 heteroatoms. The zero-order valence-electron chi connectivity index (χ0n) is 8.17. The molecule has 0 amide bonds. The minimum atomic E-state index is -0.185. The first kappa shape index (κ1) is 9.62. The van der Waals surface area contributed by atoms with Crippen LogP contribution in [-0.4, -0.2) is 0 Å². The van der Waals surface area contributed by atoms with Gasteiger partial charge in [-0.05, 0) is 36.9 Å². The summed E-state index contributed by atoms with van der Waals surface area (Å²) in [6.07, 6.45) is 0. The number of hydrogen-bond donors (Lipinski definition) is 1. The van der Waals surface area contributed by atoms with E-state index in [0.717, 1.165) is 15.0 Å². The molecular weight excluding hydrogens is 197 g/mol. The smallest absolute Gasteiger partial charge is 0.124 e. The molecule has 1 nitrogen and oxygen atoms in total. The van der Waals surface area contributed by atoms with E-state index in [-0.39, 0.29) is 11.9 Å². The number of rotatable bonds is 1. The number of nitrogens with two attached hydrogens (primary N) is 1. The van der Waals surface area contributed by atoms with Gasteiger partial charge in [-0.15, -0.1) is 11.3 Å². The van der Waals surface area contributed by atoms with Crippen molar-refractivity contribution in [2.24, 2.45) is 5.73 Å². The predicted octanol–water partition coefficient (Wildman–Crippen LogP) is 3.37. The van der Waals surface area contributed by atoms with Crippen LogP contribution in [0.15, 0.2) is 18.2 Å². The summed E-state index contributed by atoms with van der Waals surface area (Å²) < 4.78 is 13.9. The van der Waals surface area contributed by atoms with Gasteiger partial charge in [0.2, 0.25) is 0 Å². The van der Waals surface area contributed by atoms with Gasteiger partial charge in [0.05, 0.1) is 0 Å². The Bertz CT molecular complexity index is 473. The summed E-state index contributed by atoms with van der Waals surface area (Å²) in [5, 5.41) is 1.11. The van der Waals surface area contributed by atoms with Crippen molar-refractivity contribution in [3.63, 3.8) is 0 Å². The Morgan fingerprint density at radius 2 is 2.14 bits per heavy atom. The summed E-state index contributed by atoms with van der Waals surface area (Å²) in [6, 6.07) is 4.91. The molecule has 0 fully saturated rings. The molecular formula is C11H12FNS. The van der Waals surface area contributed by atoms with Crippen LogP contribution in [0.4, 0.5) is 4.39 Å². The second-order valence-corrected chi connectivity index (χ2v) is 4.60. The molecule has 2 rings (SSSR count). The molecule has 0 saturated heterocycles. The molecule has 0 saturated carbocycles. The van der Waals surface area contributed by atoms with Crippen molar-refractivity contribution >= 4 is 21.4 Å². The molecule has 14 heavy (non-hydrogen) atoms. The molecule has 1 aromatic carbocycles. The zero-order chi connectivity index (χ0) is 10.3. The quantitative estimate of drug-likeness (QED) is 0.765. The van der Waals surface area contributed by atoms with Gasteiger partial charge in [-0.1, -0.05) is 6.07 Å². The maximum Gasteiger partial charge on any atom is 0.124 e. The average molecular weight is 209 g/mol. The number of aryl methyl sites for hydroxylation is 1. The van der Waals surface area contributed by atoms with Gasteiger partial charge < -0.3 is 5.73 Å². The van der Waals surface area contributed by atoms with E-state index < -0.39 is 0 Å². The maximum absolute atomic E-state index is 13.0. The molecule has 0 aliphatic carbocycles. The van der Waals surface area contributed by atoms with Crippen LogP contribution in [0.3, 0.4) is 0 Å². The van der Waals surface area contributed by atoms with Gasteiger partial charge in [-0.25, -0.2) is 4.39 Å². The van der Waals surface area contributed by atoms with Crippen molar-refractivity contribution in [3.05, 3.63) is 34.5 Å². The first-order chi connectivity index (χ1) is 6.59. The van der Waals surface area contributed by atoms with E-state index in [2.05, 4.69) is 0 Å². The van der Waals surface area contributed by atoms with Crippen molar-refractivity contribution in [2.75, 3.05) is 0 Å². The molecule has 0 bridgehead atoms. The summed E-state index contributed by atoms with van der Waals surface area (Å²) in [4.78, 5) is 1.14. The fraction of sp³-hybridized carbons (Fsp3) is 0.273. The summed E-state index contributed by atoms with van der Waals surface area (Å²) in [5.74, 6) is -0.185. The van der Waals surface area contributed by atoms with Gasteiger partial charge in [0, 0.05) is 15.6 Å². The molecule has 2 aromatic rings. The Morgan fingerprint density at radius 3 is 2.79 bits per heavy atom. The van der Waals surface area contributed by atoms with Crippen molar-refractivity contribution in [3.8, 4) is 0 Å². The predicted molar refractivity (Wildman–Crippen MR) is 59.1 cm³/mol. The fourth-order valence-corrected chi connectivity index (χ4v) is 2.84. The lowest BCUT2D eigenvalue weighted by Gasteiger charge is -2.01. The third kappa shape index (κ3) is 1.42. The number of halogens is 1. The molecule has 0 aliphatic heterocycles. The second kappa shape index (κ2) is 3.33. The monoisotopic (exact) mass is 209 g/mol. The molecule has 0 aliphatic rings. The van der Waals surface area contributed by atoms with Gasteiger partial charge in [0.25, 0.3) is 0 Å². The van der Waals surface area contributed by atoms with Gasteiger partial charge in [0.15, 0.2) is 0 Å². The SMILES string of the molecule is Cc1c(C(C)N)sc2cc(F)ccc12. The van der Waals surface area contributed by atoms with E-state index in [1.54, 1.807) is 17.4 Å². The lowest BCUT2D eigenvalue weighted by atomic mass is 10.1. The lowest BCUT2D eigenvalue weighted by molar-refractivity contribution is 0.630. The number of benzene rings is 1. The van der Waals surface area contributed by atoms with Crippen LogP contribution in [0.2, 0.25) is 0 Å². The van der Waals surface area contributed by atoms with E-state index in [1.165, 1.54) is 11.6 Å². The van der Waals surface area contributed by atoms with Crippen LogP contribution >= 0.6 is 11.3 Å². The van der Waals surface area contributed by atoms with Gasteiger partial charge in [0.1, 0.15) is 5.82 Å². The highest BCUT2D eigenvalue weighted by molar-refractivity contribution is 7.19. The Kier molecular flexibility index (Phi) is 2.29. The molecule has 0 radical (unpaired) electrons. The highest BCUT2D eigenvalue weighted by atomic mass is 32.1. The van der Waals surface area contributed by atoms with Gasteiger partial charge in [-0.2, -0.15) is 0 Å². The summed E-state index contributed by atoms with van der Waals surface area (Å²) in [7, 11) is 0. The third-order valence-corrected chi connectivity index (χ3v) is 3.81.